The highest BCUT2D eigenvalue weighted by molar-refractivity contribution is 14.1. The highest BCUT2D eigenvalue weighted by Gasteiger charge is 2.28. The Morgan fingerprint density at radius 1 is 1.11 bits per heavy atom. The monoisotopic (exact) mass is 487 g/mol. The van der Waals surface area contributed by atoms with Crippen molar-refractivity contribution in [2.45, 2.75) is 64.6 Å². The number of halogens is 1. The Balaban J connectivity index is 2.19. The van der Waals surface area contributed by atoms with Gasteiger partial charge in [-0.25, -0.2) is 3.53 Å². The minimum atomic E-state index is -0.548. The van der Waals surface area contributed by atoms with E-state index in [1.165, 1.54) is 0 Å². The first kappa shape index (κ1) is 21.9. The van der Waals surface area contributed by atoms with Crippen LogP contribution < -0.4 is 18.9 Å². The van der Waals surface area contributed by atoms with Gasteiger partial charge in [0.1, 0.15) is 11.8 Å². The van der Waals surface area contributed by atoms with E-state index in [1.807, 2.05) is 67.9 Å². The molecule has 2 aliphatic heterocycles. The highest BCUT2D eigenvalue weighted by Crippen LogP contribution is 2.15. The summed E-state index contributed by atoms with van der Waals surface area (Å²) in [5, 5.41) is 5.97. The normalized spacial score (nSPS) is 25.4. The van der Waals surface area contributed by atoms with Gasteiger partial charge in [-0.3, -0.25) is 9.59 Å². The third-order valence-corrected chi connectivity index (χ3v) is 5.50. The lowest BCUT2D eigenvalue weighted by Crippen LogP contribution is -2.55. The highest BCUT2D eigenvalue weighted by atomic mass is 127. The number of rotatable bonds is 2. The zero-order chi connectivity index (χ0) is 19.8. The molecule has 0 fully saturated rings. The largest absolute Gasteiger partial charge is 0.494 e. The number of hydrogen-bond acceptors (Lipinski definition) is 4. The average molecular weight is 487 g/mol. The van der Waals surface area contributed by atoms with E-state index < -0.39 is 12.1 Å². The van der Waals surface area contributed by atoms with Crippen LogP contribution in [0.15, 0.2) is 24.3 Å². The summed E-state index contributed by atoms with van der Waals surface area (Å²) in [7, 11) is 0. The van der Waals surface area contributed by atoms with Crippen molar-refractivity contribution in [3.8, 4) is 5.75 Å². The standard InChI is InChI=1S/C20H30IN3O3/c1-13(2)18-20(26)22-14(3)6-4-5-11-27-16-9-7-15(8-10-16)12-17(24-21)19(25)23-18/h7-10,13-14,17-18,24H,4-6,11-12H2,1-3H3,(H,22,26)(H,23,25)/t14-,17+,18+/m1/s1. The van der Waals surface area contributed by atoms with Crippen LogP contribution in [0.2, 0.25) is 0 Å². The maximum Gasteiger partial charge on any atom is 0.243 e. The second-order valence-corrected chi connectivity index (χ2v) is 8.12. The van der Waals surface area contributed by atoms with Crippen LogP contribution in [0.5, 0.6) is 5.75 Å². The molecule has 1 aromatic rings. The van der Waals surface area contributed by atoms with Gasteiger partial charge in [0.15, 0.2) is 0 Å². The molecule has 0 unspecified atom stereocenters. The number of nitrogens with one attached hydrogen (secondary N) is 3. The number of ether oxygens (including phenoxy) is 1. The lowest BCUT2D eigenvalue weighted by molar-refractivity contribution is -0.131. The molecule has 0 spiro atoms. The van der Waals surface area contributed by atoms with E-state index in [1.54, 1.807) is 0 Å². The fourth-order valence-corrected chi connectivity index (χ4v) is 3.58. The van der Waals surface area contributed by atoms with Crippen molar-refractivity contribution < 1.29 is 14.3 Å². The molecule has 3 atom stereocenters. The van der Waals surface area contributed by atoms with E-state index in [0.29, 0.717) is 13.0 Å². The Labute approximate surface area is 175 Å². The molecule has 2 aliphatic rings. The SMILES string of the molecule is CC(C)[C@@H]1NC(=O)[C@@H](NI)Cc2ccc(cc2)OCCCC[C@@H](C)NC1=O. The first-order valence-corrected chi connectivity index (χ1v) is 10.7. The Kier molecular flexibility index (Phi) is 8.82. The van der Waals surface area contributed by atoms with Gasteiger partial charge in [0.25, 0.3) is 0 Å². The Bertz CT molecular complexity index is 621. The third-order valence-electron chi connectivity index (χ3n) is 4.75. The van der Waals surface area contributed by atoms with Gasteiger partial charge in [-0.15, -0.1) is 0 Å². The quantitative estimate of drug-likeness (QED) is 0.443. The number of carbonyl (C=O) groups is 2. The average Bonchev–Trinajstić information content (AvgIpc) is 2.63. The molecule has 3 N–H and O–H groups in total. The molecule has 0 aromatic heterocycles. The molecule has 2 amide bonds. The van der Waals surface area contributed by atoms with Crippen LogP contribution in [0.25, 0.3) is 0 Å². The van der Waals surface area contributed by atoms with Crippen LogP contribution in [-0.2, 0) is 16.0 Å². The maximum absolute atomic E-state index is 12.8. The Morgan fingerprint density at radius 3 is 2.44 bits per heavy atom. The topological polar surface area (TPSA) is 79.5 Å². The summed E-state index contributed by atoms with van der Waals surface area (Å²) in [5.74, 6) is 0.552. The molecule has 27 heavy (non-hydrogen) atoms. The zero-order valence-corrected chi connectivity index (χ0v) is 18.4. The van der Waals surface area contributed by atoms with E-state index in [0.717, 1.165) is 30.6 Å². The smallest absolute Gasteiger partial charge is 0.243 e. The van der Waals surface area contributed by atoms with Crippen molar-refractivity contribution >= 4 is 34.7 Å². The van der Waals surface area contributed by atoms with Gasteiger partial charge in [-0.05, 0) is 56.2 Å². The van der Waals surface area contributed by atoms with E-state index in [9.17, 15) is 9.59 Å². The van der Waals surface area contributed by atoms with Crippen LogP contribution in [0, 0.1) is 5.92 Å². The van der Waals surface area contributed by atoms with Crippen LogP contribution in [0.3, 0.4) is 0 Å². The minimum absolute atomic E-state index is 0.00535. The summed E-state index contributed by atoms with van der Waals surface area (Å²) >= 11 is 1.99. The second-order valence-electron chi connectivity index (χ2n) is 7.49. The van der Waals surface area contributed by atoms with Crippen molar-refractivity contribution in [2.75, 3.05) is 6.61 Å². The van der Waals surface area contributed by atoms with Gasteiger partial charge < -0.3 is 15.4 Å². The van der Waals surface area contributed by atoms with Gasteiger partial charge >= 0.3 is 0 Å². The van der Waals surface area contributed by atoms with Gasteiger partial charge in [0.2, 0.25) is 11.8 Å². The number of fused-ring (bicyclic) bond motifs is 14. The number of hydrogen-bond donors (Lipinski definition) is 3. The number of amides is 2. The summed E-state index contributed by atoms with van der Waals surface area (Å²) in [6, 6.07) is 6.95. The first-order valence-electron chi connectivity index (χ1n) is 9.59. The van der Waals surface area contributed by atoms with Crippen molar-refractivity contribution in [1.82, 2.24) is 14.2 Å². The lowest BCUT2D eigenvalue weighted by atomic mass is 10.0. The minimum Gasteiger partial charge on any atom is -0.494 e. The van der Waals surface area contributed by atoms with Gasteiger partial charge in [-0.1, -0.05) is 26.0 Å². The van der Waals surface area contributed by atoms with E-state index in [-0.39, 0.29) is 23.8 Å². The fraction of sp³-hybridized carbons (Fsp3) is 0.600. The third kappa shape index (κ3) is 6.95. The van der Waals surface area contributed by atoms with Gasteiger partial charge in [0.05, 0.1) is 12.6 Å². The molecule has 3 rings (SSSR count). The summed E-state index contributed by atoms with van der Waals surface area (Å²) in [6.07, 6.45) is 3.33. The maximum atomic E-state index is 12.8. The molecule has 0 saturated heterocycles. The molecule has 2 bridgehead atoms. The molecule has 7 heteroatoms. The molecular weight excluding hydrogens is 457 g/mol. The summed E-state index contributed by atoms with van der Waals surface area (Å²) < 4.78 is 8.81. The van der Waals surface area contributed by atoms with Crippen LogP contribution >= 0.6 is 22.9 Å². The molecule has 0 saturated carbocycles. The molecule has 150 valence electrons. The Hall–Kier alpha value is -1.35. The lowest BCUT2D eigenvalue weighted by Gasteiger charge is -2.26. The summed E-state index contributed by atoms with van der Waals surface area (Å²) in [4.78, 5) is 25.4. The van der Waals surface area contributed by atoms with Crippen LogP contribution in [0.4, 0.5) is 0 Å². The number of benzene rings is 1. The molecular formula is C20H30IN3O3. The first-order chi connectivity index (χ1) is 12.9. The summed E-state index contributed by atoms with van der Waals surface area (Å²) in [6.45, 7) is 6.55. The van der Waals surface area contributed by atoms with Crippen LogP contribution in [-0.4, -0.2) is 36.5 Å². The van der Waals surface area contributed by atoms with Crippen molar-refractivity contribution in [3.05, 3.63) is 29.8 Å². The van der Waals surface area contributed by atoms with Crippen molar-refractivity contribution in [1.29, 1.82) is 0 Å². The van der Waals surface area contributed by atoms with Crippen LogP contribution in [0.1, 0.15) is 45.6 Å². The molecule has 2 heterocycles. The van der Waals surface area contributed by atoms with E-state index in [4.69, 9.17) is 4.74 Å². The molecule has 0 radical (unpaired) electrons. The Morgan fingerprint density at radius 2 is 1.81 bits per heavy atom. The fourth-order valence-electron chi connectivity index (χ4n) is 3.07. The van der Waals surface area contributed by atoms with E-state index in [2.05, 4.69) is 14.2 Å². The summed E-state index contributed by atoms with van der Waals surface area (Å²) in [5.41, 5.74) is 1.04. The molecule has 6 nitrogen and oxygen atoms in total. The zero-order valence-electron chi connectivity index (χ0n) is 16.3. The molecule has 1 aromatic carbocycles. The predicted molar refractivity (Wildman–Crippen MR) is 115 cm³/mol. The van der Waals surface area contributed by atoms with Crippen molar-refractivity contribution in [2.24, 2.45) is 5.92 Å². The molecule has 0 aliphatic carbocycles. The van der Waals surface area contributed by atoms with Gasteiger partial charge in [0, 0.05) is 28.9 Å². The van der Waals surface area contributed by atoms with Crippen molar-refractivity contribution in [3.63, 3.8) is 0 Å². The number of carbonyl (C=O) groups excluding carboxylic acids is 2. The second kappa shape index (κ2) is 10.8. The van der Waals surface area contributed by atoms with E-state index >= 15 is 0 Å². The van der Waals surface area contributed by atoms with Gasteiger partial charge in [-0.2, -0.15) is 0 Å². The predicted octanol–water partition coefficient (Wildman–Crippen LogP) is 2.75.